The fraction of sp³-hybridized carbons (Fsp3) is 0.364. The molecule has 66 valence electrons. The zero-order valence-corrected chi connectivity index (χ0v) is 7.42. The Morgan fingerprint density at radius 3 is 3.23 bits per heavy atom. The summed E-state index contributed by atoms with van der Waals surface area (Å²) in [5.41, 5.74) is 2.36. The fourth-order valence-corrected chi connectivity index (χ4v) is 1.71. The number of fused-ring (bicyclic) bond motifs is 1. The summed E-state index contributed by atoms with van der Waals surface area (Å²) in [6.45, 7) is 0.809. The van der Waals surface area contributed by atoms with E-state index >= 15 is 0 Å². The first kappa shape index (κ1) is 8.12. The molecule has 0 N–H and O–H groups in total. The summed E-state index contributed by atoms with van der Waals surface area (Å²) in [6, 6.07) is 8.13. The average Bonchev–Trinajstić information content (AvgIpc) is 2.19. The van der Waals surface area contributed by atoms with Crippen molar-refractivity contribution in [1.29, 1.82) is 5.26 Å². The van der Waals surface area contributed by atoms with E-state index in [0.717, 1.165) is 30.8 Å². The second-order valence-corrected chi connectivity index (χ2v) is 3.18. The summed E-state index contributed by atoms with van der Waals surface area (Å²) in [6.07, 6.45) is 2.61. The lowest BCUT2D eigenvalue weighted by molar-refractivity contribution is 0.287. The highest BCUT2D eigenvalue weighted by atomic mass is 16.5. The molecule has 0 bridgehead atoms. The van der Waals surface area contributed by atoms with Crippen LogP contribution in [0.4, 0.5) is 0 Å². The number of benzene rings is 1. The molecule has 1 heterocycles. The Labute approximate surface area is 77.8 Å². The van der Waals surface area contributed by atoms with Crippen LogP contribution >= 0.6 is 0 Å². The summed E-state index contributed by atoms with van der Waals surface area (Å²) < 4.78 is 5.50. The third-order valence-electron chi connectivity index (χ3n) is 2.33. The SMILES string of the molecule is N#CCc1cccc2c1CCCO2. The van der Waals surface area contributed by atoms with E-state index in [9.17, 15) is 0 Å². The van der Waals surface area contributed by atoms with Gasteiger partial charge in [0.1, 0.15) is 5.75 Å². The van der Waals surface area contributed by atoms with Gasteiger partial charge in [-0.05, 0) is 30.0 Å². The molecule has 1 aromatic carbocycles. The molecule has 1 aromatic rings. The van der Waals surface area contributed by atoms with Gasteiger partial charge in [0.05, 0.1) is 19.1 Å². The highest BCUT2D eigenvalue weighted by Crippen LogP contribution is 2.27. The van der Waals surface area contributed by atoms with Gasteiger partial charge in [-0.3, -0.25) is 0 Å². The Hall–Kier alpha value is -1.49. The van der Waals surface area contributed by atoms with Crippen molar-refractivity contribution in [3.05, 3.63) is 29.3 Å². The fourth-order valence-electron chi connectivity index (χ4n) is 1.71. The van der Waals surface area contributed by atoms with Crippen molar-refractivity contribution in [3.8, 4) is 11.8 Å². The van der Waals surface area contributed by atoms with Gasteiger partial charge in [-0.15, -0.1) is 0 Å². The van der Waals surface area contributed by atoms with Crippen LogP contribution in [-0.2, 0) is 12.8 Å². The van der Waals surface area contributed by atoms with Crippen molar-refractivity contribution in [1.82, 2.24) is 0 Å². The molecule has 1 aliphatic rings. The smallest absolute Gasteiger partial charge is 0.122 e. The van der Waals surface area contributed by atoms with Crippen molar-refractivity contribution in [2.24, 2.45) is 0 Å². The highest BCUT2D eigenvalue weighted by molar-refractivity contribution is 5.42. The molecule has 0 spiro atoms. The minimum Gasteiger partial charge on any atom is -0.493 e. The molecule has 0 fully saturated rings. The first-order valence-corrected chi connectivity index (χ1v) is 4.52. The lowest BCUT2D eigenvalue weighted by Crippen LogP contribution is -2.10. The monoisotopic (exact) mass is 173 g/mol. The van der Waals surface area contributed by atoms with E-state index in [1.807, 2.05) is 18.2 Å². The molecular formula is C11H11NO. The normalized spacial score (nSPS) is 14.1. The Morgan fingerprint density at radius 2 is 2.38 bits per heavy atom. The van der Waals surface area contributed by atoms with Crippen molar-refractivity contribution in [2.45, 2.75) is 19.3 Å². The van der Waals surface area contributed by atoms with Gasteiger partial charge in [0, 0.05) is 0 Å². The number of nitriles is 1. The molecule has 2 rings (SSSR count). The summed E-state index contributed by atoms with van der Waals surface area (Å²) in [5.74, 6) is 0.971. The van der Waals surface area contributed by atoms with Crippen LogP contribution in [0.15, 0.2) is 18.2 Å². The van der Waals surface area contributed by atoms with Crippen LogP contribution in [0, 0.1) is 11.3 Å². The molecule has 0 amide bonds. The van der Waals surface area contributed by atoms with Crippen LogP contribution in [0.25, 0.3) is 0 Å². The van der Waals surface area contributed by atoms with E-state index in [1.54, 1.807) is 0 Å². The van der Waals surface area contributed by atoms with E-state index in [-0.39, 0.29) is 0 Å². The number of nitrogens with zero attached hydrogens (tertiary/aromatic N) is 1. The van der Waals surface area contributed by atoms with Crippen molar-refractivity contribution < 1.29 is 4.74 Å². The Morgan fingerprint density at radius 1 is 1.46 bits per heavy atom. The maximum atomic E-state index is 8.63. The number of ether oxygens (including phenoxy) is 1. The minimum atomic E-state index is 0.493. The van der Waals surface area contributed by atoms with Gasteiger partial charge in [-0.2, -0.15) is 5.26 Å². The molecule has 0 aliphatic carbocycles. The molecule has 0 saturated heterocycles. The predicted octanol–water partition coefficient (Wildman–Crippen LogP) is 2.08. The maximum absolute atomic E-state index is 8.63. The summed E-state index contributed by atoms with van der Waals surface area (Å²) in [5, 5.41) is 8.63. The van der Waals surface area contributed by atoms with Gasteiger partial charge in [0.15, 0.2) is 0 Å². The minimum absolute atomic E-state index is 0.493. The van der Waals surface area contributed by atoms with E-state index in [1.165, 1.54) is 5.56 Å². The topological polar surface area (TPSA) is 33.0 Å². The van der Waals surface area contributed by atoms with Crippen LogP contribution in [0.3, 0.4) is 0 Å². The molecule has 0 unspecified atom stereocenters. The average molecular weight is 173 g/mol. The van der Waals surface area contributed by atoms with Crippen LogP contribution in [0.1, 0.15) is 17.5 Å². The van der Waals surface area contributed by atoms with Gasteiger partial charge in [-0.1, -0.05) is 12.1 Å². The largest absolute Gasteiger partial charge is 0.493 e. The molecular weight excluding hydrogens is 162 g/mol. The first-order chi connectivity index (χ1) is 6.42. The second kappa shape index (κ2) is 3.49. The third kappa shape index (κ3) is 1.50. The standard InChI is InChI=1S/C11H11NO/c12-7-6-9-3-1-5-11-10(9)4-2-8-13-11/h1,3,5H,2,4,6,8H2. The summed E-state index contributed by atoms with van der Waals surface area (Å²) in [7, 11) is 0. The van der Waals surface area contributed by atoms with Crippen molar-refractivity contribution in [3.63, 3.8) is 0 Å². The zero-order valence-electron chi connectivity index (χ0n) is 7.42. The van der Waals surface area contributed by atoms with Crippen molar-refractivity contribution in [2.75, 3.05) is 6.61 Å². The Bertz CT molecular complexity index is 352. The molecule has 2 nitrogen and oxygen atoms in total. The van der Waals surface area contributed by atoms with Gasteiger partial charge >= 0.3 is 0 Å². The highest BCUT2D eigenvalue weighted by Gasteiger charge is 2.12. The molecule has 13 heavy (non-hydrogen) atoms. The van der Waals surface area contributed by atoms with Gasteiger partial charge < -0.3 is 4.74 Å². The summed E-state index contributed by atoms with van der Waals surface area (Å²) >= 11 is 0. The third-order valence-corrected chi connectivity index (χ3v) is 2.33. The lowest BCUT2D eigenvalue weighted by Gasteiger charge is -2.18. The van der Waals surface area contributed by atoms with Crippen molar-refractivity contribution >= 4 is 0 Å². The Balaban J connectivity index is 2.41. The maximum Gasteiger partial charge on any atom is 0.122 e. The molecule has 0 radical (unpaired) electrons. The van der Waals surface area contributed by atoms with Crippen LogP contribution in [-0.4, -0.2) is 6.61 Å². The molecule has 0 atom stereocenters. The van der Waals surface area contributed by atoms with E-state index < -0.39 is 0 Å². The van der Waals surface area contributed by atoms with E-state index in [4.69, 9.17) is 10.00 Å². The summed E-state index contributed by atoms with van der Waals surface area (Å²) in [4.78, 5) is 0. The molecule has 1 aliphatic heterocycles. The van der Waals surface area contributed by atoms with Crippen LogP contribution in [0.2, 0.25) is 0 Å². The molecule has 0 aromatic heterocycles. The number of hydrogen-bond donors (Lipinski definition) is 0. The zero-order chi connectivity index (χ0) is 9.10. The number of rotatable bonds is 1. The van der Waals surface area contributed by atoms with Gasteiger partial charge in [-0.25, -0.2) is 0 Å². The van der Waals surface area contributed by atoms with Gasteiger partial charge in [0.25, 0.3) is 0 Å². The number of hydrogen-bond acceptors (Lipinski definition) is 2. The van der Waals surface area contributed by atoms with E-state index in [0.29, 0.717) is 6.42 Å². The van der Waals surface area contributed by atoms with E-state index in [2.05, 4.69) is 6.07 Å². The second-order valence-electron chi connectivity index (χ2n) is 3.18. The Kier molecular flexibility index (Phi) is 2.18. The lowest BCUT2D eigenvalue weighted by atomic mass is 9.98. The molecule has 2 heteroatoms. The predicted molar refractivity (Wildman–Crippen MR) is 49.6 cm³/mol. The first-order valence-electron chi connectivity index (χ1n) is 4.52. The quantitative estimate of drug-likeness (QED) is 0.651. The van der Waals surface area contributed by atoms with Crippen LogP contribution < -0.4 is 4.74 Å². The van der Waals surface area contributed by atoms with Crippen LogP contribution in [0.5, 0.6) is 5.75 Å². The molecule has 0 saturated carbocycles. The van der Waals surface area contributed by atoms with Gasteiger partial charge in [0.2, 0.25) is 0 Å².